The largest absolute Gasteiger partial charge is 0.458 e. The number of hydrogen-bond acceptors (Lipinski definition) is 5. The first-order chi connectivity index (χ1) is 15.6. The Morgan fingerprint density at radius 1 is 1.09 bits per heavy atom. The van der Waals surface area contributed by atoms with Gasteiger partial charge in [0.2, 0.25) is 0 Å². The zero-order valence-corrected chi connectivity index (χ0v) is 20.0. The van der Waals surface area contributed by atoms with Gasteiger partial charge in [-0.1, -0.05) is 32.0 Å². The predicted molar refractivity (Wildman–Crippen MR) is 123 cm³/mol. The Bertz CT molecular complexity index is 956. The molecular weight excluding hydrogens is 416 g/mol. The van der Waals surface area contributed by atoms with Crippen LogP contribution in [0.15, 0.2) is 30.3 Å². The van der Waals surface area contributed by atoms with Gasteiger partial charge in [-0.25, -0.2) is 4.79 Å². The normalized spacial score (nSPS) is 44.4. The summed E-state index contributed by atoms with van der Waals surface area (Å²) >= 11 is 0. The van der Waals surface area contributed by atoms with Crippen molar-refractivity contribution < 1.29 is 24.2 Å². The second-order valence-corrected chi connectivity index (χ2v) is 11.7. The number of fused-ring (bicyclic) bond motifs is 5. The highest BCUT2D eigenvalue weighted by Crippen LogP contribution is 2.67. The molecule has 1 aromatic carbocycles. The molecule has 0 heterocycles. The molecule has 0 saturated heterocycles. The van der Waals surface area contributed by atoms with E-state index in [1.165, 1.54) is 0 Å². The summed E-state index contributed by atoms with van der Waals surface area (Å²) in [7, 11) is 0. The Kier molecular flexibility index (Phi) is 5.55. The highest BCUT2D eigenvalue weighted by atomic mass is 16.5. The maximum Gasteiger partial charge on any atom is 0.338 e. The zero-order chi connectivity index (χ0) is 23.5. The van der Waals surface area contributed by atoms with Gasteiger partial charge in [-0.15, -0.1) is 0 Å². The summed E-state index contributed by atoms with van der Waals surface area (Å²) in [4.78, 5) is 38.0. The fraction of sp³-hybridized carbons (Fsp3) is 0.679. The van der Waals surface area contributed by atoms with E-state index in [9.17, 15) is 19.5 Å². The first-order valence-corrected chi connectivity index (χ1v) is 12.6. The van der Waals surface area contributed by atoms with Crippen molar-refractivity contribution >= 4 is 17.5 Å². The molecule has 4 aliphatic rings. The Balaban J connectivity index is 1.54. The van der Waals surface area contributed by atoms with Gasteiger partial charge in [0.05, 0.1) is 11.7 Å². The van der Waals surface area contributed by atoms with Crippen LogP contribution < -0.4 is 0 Å². The van der Waals surface area contributed by atoms with E-state index in [4.69, 9.17) is 4.74 Å². The number of hydrogen-bond donors (Lipinski definition) is 1. The summed E-state index contributed by atoms with van der Waals surface area (Å²) in [5, 5.41) is 11.6. The molecule has 5 nitrogen and oxygen atoms in total. The maximum absolute atomic E-state index is 13.1. The molecule has 0 spiro atoms. The average Bonchev–Trinajstić information content (AvgIpc) is 3.11. The van der Waals surface area contributed by atoms with E-state index in [2.05, 4.69) is 13.8 Å². The van der Waals surface area contributed by atoms with E-state index >= 15 is 0 Å². The number of ether oxygens (including phenoxy) is 1. The Morgan fingerprint density at radius 3 is 2.52 bits per heavy atom. The first kappa shape index (κ1) is 22.8. The maximum atomic E-state index is 13.1. The Hall–Kier alpha value is -2.01. The van der Waals surface area contributed by atoms with E-state index in [1.807, 2.05) is 18.2 Å². The van der Waals surface area contributed by atoms with Crippen LogP contribution >= 0.6 is 0 Å². The fourth-order valence-corrected chi connectivity index (χ4v) is 8.67. The van der Waals surface area contributed by atoms with E-state index in [0.29, 0.717) is 31.2 Å². The quantitative estimate of drug-likeness (QED) is 0.678. The highest BCUT2D eigenvalue weighted by Gasteiger charge is 2.66. The lowest BCUT2D eigenvalue weighted by atomic mass is 9.43. The molecule has 178 valence electrons. The minimum Gasteiger partial charge on any atom is -0.458 e. The number of aliphatic hydroxyl groups excluding tert-OH is 1. The molecule has 0 aromatic heterocycles. The second kappa shape index (κ2) is 8.04. The highest BCUT2D eigenvalue weighted by molar-refractivity contribution is 5.89. The molecular formula is C28H36O5. The molecule has 1 aromatic rings. The van der Waals surface area contributed by atoms with Gasteiger partial charge in [-0.05, 0) is 79.7 Å². The molecule has 4 saturated carbocycles. The SMILES string of the molecule is CC(=O)[C@H]1CC[C@H]2[C@@H]3C(OC(=O)c4ccccc4)CC4CC(=O)CC[C@]4(C)[C@H]3C(O)C[C@]12C. The van der Waals surface area contributed by atoms with Crippen LogP contribution in [-0.4, -0.2) is 34.9 Å². The number of esters is 1. The van der Waals surface area contributed by atoms with Crippen LogP contribution in [0.3, 0.4) is 0 Å². The lowest BCUT2D eigenvalue weighted by molar-refractivity contribution is -0.205. The monoisotopic (exact) mass is 452 g/mol. The average molecular weight is 453 g/mol. The minimum absolute atomic E-state index is 0.00483. The standard InChI is InChI=1S/C28H36O5/c1-16(29)20-9-10-21-24-23(33-26(32)17-7-5-4-6-8-17)14-18-13-19(30)11-12-27(18,2)25(24)22(31)15-28(20,21)3/h4-8,18,20-25,31H,9-15H2,1-3H3/t18?,20-,21+,22?,23?,24-,25+,27+,28-/m1/s1. The van der Waals surface area contributed by atoms with Gasteiger partial charge in [-0.2, -0.15) is 0 Å². The van der Waals surface area contributed by atoms with Gasteiger partial charge >= 0.3 is 5.97 Å². The first-order valence-electron chi connectivity index (χ1n) is 12.6. The van der Waals surface area contributed by atoms with E-state index in [1.54, 1.807) is 19.1 Å². The van der Waals surface area contributed by atoms with Crippen molar-refractivity contribution in [1.82, 2.24) is 0 Å². The topological polar surface area (TPSA) is 80.7 Å². The predicted octanol–water partition coefficient (Wildman–Crippen LogP) is 4.61. The summed E-state index contributed by atoms with van der Waals surface area (Å²) in [6.45, 7) is 6.10. The molecule has 5 rings (SSSR count). The minimum atomic E-state index is -0.560. The summed E-state index contributed by atoms with van der Waals surface area (Å²) in [6.07, 6.45) is 3.97. The third kappa shape index (κ3) is 3.50. The number of rotatable bonds is 3. The fourth-order valence-electron chi connectivity index (χ4n) is 8.67. The summed E-state index contributed by atoms with van der Waals surface area (Å²) in [5.74, 6) is 0.395. The Morgan fingerprint density at radius 2 is 1.82 bits per heavy atom. The van der Waals surface area contributed by atoms with Crippen LogP contribution in [0, 0.1) is 40.4 Å². The van der Waals surface area contributed by atoms with Crippen molar-refractivity contribution in [2.24, 2.45) is 40.4 Å². The number of Topliss-reactive ketones (excluding diaryl/α,β-unsaturated/α-hetero) is 2. The van der Waals surface area contributed by atoms with Crippen LogP contribution in [0.5, 0.6) is 0 Å². The van der Waals surface area contributed by atoms with Gasteiger partial charge in [0, 0.05) is 24.7 Å². The number of benzene rings is 1. The van der Waals surface area contributed by atoms with Crippen LogP contribution in [0.2, 0.25) is 0 Å². The molecule has 1 N–H and O–H groups in total. The molecule has 5 heteroatoms. The van der Waals surface area contributed by atoms with Gasteiger partial charge in [-0.3, -0.25) is 9.59 Å². The van der Waals surface area contributed by atoms with Crippen LogP contribution in [0.4, 0.5) is 0 Å². The molecule has 3 unspecified atom stereocenters. The third-order valence-electron chi connectivity index (χ3n) is 10.2. The van der Waals surface area contributed by atoms with Crippen LogP contribution in [0.25, 0.3) is 0 Å². The lowest BCUT2D eigenvalue weighted by Gasteiger charge is -2.63. The summed E-state index contributed by atoms with van der Waals surface area (Å²) in [5.41, 5.74) is 0.0927. The second-order valence-electron chi connectivity index (χ2n) is 11.7. The summed E-state index contributed by atoms with van der Waals surface area (Å²) < 4.78 is 6.23. The van der Waals surface area contributed by atoms with Gasteiger partial charge in [0.25, 0.3) is 0 Å². The van der Waals surface area contributed by atoms with Gasteiger partial charge < -0.3 is 9.84 Å². The van der Waals surface area contributed by atoms with E-state index < -0.39 is 6.10 Å². The van der Waals surface area contributed by atoms with Crippen molar-refractivity contribution in [1.29, 1.82) is 0 Å². The molecule has 4 aliphatic carbocycles. The summed E-state index contributed by atoms with van der Waals surface area (Å²) in [6, 6.07) is 9.05. The molecule has 9 atom stereocenters. The molecule has 0 radical (unpaired) electrons. The van der Waals surface area contributed by atoms with Crippen LogP contribution in [0.1, 0.15) is 76.1 Å². The number of carbonyl (C=O) groups is 3. The van der Waals surface area contributed by atoms with Gasteiger partial charge in [0.1, 0.15) is 17.7 Å². The van der Waals surface area contributed by atoms with Crippen LogP contribution in [-0.2, 0) is 14.3 Å². The third-order valence-corrected chi connectivity index (χ3v) is 10.2. The van der Waals surface area contributed by atoms with Crippen molar-refractivity contribution in [3.05, 3.63) is 35.9 Å². The number of carbonyl (C=O) groups excluding carboxylic acids is 3. The van der Waals surface area contributed by atoms with Crippen molar-refractivity contribution in [3.63, 3.8) is 0 Å². The molecule has 4 fully saturated rings. The van der Waals surface area contributed by atoms with Crippen molar-refractivity contribution in [3.8, 4) is 0 Å². The molecule has 33 heavy (non-hydrogen) atoms. The number of aliphatic hydroxyl groups is 1. The lowest BCUT2D eigenvalue weighted by Crippen LogP contribution is -2.63. The molecule has 0 amide bonds. The Labute approximate surface area is 196 Å². The van der Waals surface area contributed by atoms with Crippen molar-refractivity contribution in [2.75, 3.05) is 0 Å². The number of ketones is 2. The van der Waals surface area contributed by atoms with Crippen molar-refractivity contribution in [2.45, 2.75) is 77.9 Å². The molecule has 0 bridgehead atoms. The van der Waals surface area contributed by atoms with E-state index in [0.717, 1.165) is 19.3 Å². The van der Waals surface area contributed by atoms with Gasteiger partial charge in [0.15, 0.2) is 0 Å². The zero-order valence-electron chi connectivity index (χ0n) is 20.0. The molecule has 0 aliphatic heterocycles. The van der Waals surface area contributed by atoms with E-state index in [-0.39, 0.29) is 64.1 Å². The smallest absolute Gasteiger partial charge is 0.338 e.